The summed E-state index contributed by atoms with van der Waals surface area (Å²) in [6.45, 7) is 3.49. The minimum atomic E-state index is -1.17. The predicted octanol–water partition coefficient (Wildman–Crippen LogP) is 1.39. The number of pyridine rings is 1. The monoisotopic (exact) mass is 666 g/mol. The number of aliphatic carboxylic acids is 1. The van der Waals surface area contributed by atoms with E-state index >= 15 is 0 Å². The molecule has 1 saturated carbocycles. The molecule has 1 aromatic carbocycles. The summed E-state index contributed by atoms with van der Waals surface area (Å²) in [6.07, 6.45) is 2.50. The molecule has 5 rings (SSSR count). The van der Waals surface area contributed by atoms with Gasteiger partial charge in [-0.2, -0.15) is 0 Å². The Morgan fingerprint density at radius 2 is 1.73 bits per heavy atom. The van der Waals surface area contributed by atoms with Crippen molar-refractivity contribution in [2.45, 2.75) is 57.5 Å². The molecule has 3 aliphatic rings. The van der Waals surface area contributed by atoms with Crippen LogP contribution in [-0.2, 0) is 23.9 Å². The summed E-state index contributed by atoms with van der Waals surface area (Å²) in [7, 11) is 0. The van der Waals surface area contributed by atoms with Gasteiger partial charge in [0.15, 0.2) is 6.61 Å². The van der Waals surface area contributed by atoms with Crippen LogP contribution >= 0.6 is 0 Å². The highest BCUT2D eigenvalue weighted by molar-refractivity contribution is 5.99. The zero-order valence-corrected chi connectivity index (χ0v) is 27.0. The average Bonchev–Trinajstić information content (AvgIpc) is 3.79. The molecular formula is C33H42N6O9. The van der Waals surface area contributed by atoms with Gasteiger partial charge in [-0.3, -0.25) is 24.0 Å². The van der Waals surface area contributed by atoms with Gasteiger partial charge in [-0.1, -0.05) is 12.1 Å². The summed E-state index contributed by atoms with van der Waals surface area (Å²) < 4.78 is 11.0. The van der Waals surface area contributed by atoms with E-state index < -0.39 is 36.0 Å². The minimum Gasteiger partial charge on any atom is -0.483 e. The highest BCUT2D eigenvalue weighted by atomic mass is 16.6. The molecule has 48 heavy (non-hydrogen) atoms. The molecular weight excluding hydrogens is 624 g/mol. The number of nitrogens with zero attached hydrogens (tertiary/aromatic N) is 4. The second-order valence-corrected chi connectivity index (χ2v) is 12.2. The summed E-state index contributed by atoms with van der Waals surface area (Å²) in [4.78, 5) is 85.4. The summed E-state index contributed by atoms with van der Waals surface area (Å²) in [5, 5.41) is 15.5. The summed E-state index contributed by atoms with van der Waals surface area (Å²) >= 11 is 0. The Hall–Kier alpha value is -4.95. The molecule has 5 amide bonds. The number of hydrogen-bond donors (Lipinski definition) is 3. The van der Waals surface area contributed by atoms with Crippen LogP contribution < -0.4 is 15.4 Å². The zero-order valence-electron chi connectivity index (χ0n) is 27.0. The van der Waals surface area contributed by atoms with Crippen LogP contribution in [0, 0.1) is 5.92 Å². The van der Waals surface area contributed by atoms with Gasteiger partial charge in [-0.05, 0) is 57.1 Å². The first kappa shape index (κ1) is 34.4. The van der Waals surface area contributed by atoms with E-state index in [1.54, 1.807) is 31.2 Å². The minimum absolute atomic E-state index is 0.0880. The number of aromatic nitrogens is 1. The van der Waals surface area contributed by atoms with Crippen LogP contribution in [0.25, 0.3) is 10.9 Å². The Labute approximate surface area is 277 Å². The first-order chi connectivity index (χ1) is 23.1. The standard InChI is InChI=1S/C33H42N6O9/c1-2-47-33(46)38-16-14-37(15-17-38)32(45)24(11-12-29(41)42)36-30(43)25-18-27(22-6-3-4-7-23(22)35-25)48-20-28(40)39-13-5-8-26(39)31(44)34-19-21-9-10-21/h3-4,6-7,18,21,24,26H,2,5,8-17,19-20H2,1H3,(H,34,44)(H,36,43)(H,41,42)/t24-,26-/m0/s1. The molecule has 3 heterocycles. The molecule has 15 heteroatoms. The number of carbonyl (C=O) groups is 6. The topological polar surface area (TPSA) is 188 Å². The molecule has 2 atom stereocenters. The number of para-hydroxylation sites is 1. The lowest BCUT2D eigenvalue weighted by Crippen LogP contribution is -2.56. The third kappa shape index (κ3) is 8.69. The maximum absolute atomic E-state index is 13.5. The molecule has 0 spiro atoms. The fourth-order valence-corrected chi connectivity index (χ4v) is 5.93. The molecule has 3 N–H and O–H groups in total. The van der Waals surface area contributed by atoms with E-state index in [9.17, 15) is 33.9 Å². The lowest BCUT2D eigenvalue weighted by atomic mass is 10.1. The van der Waals surface area contributed by atoms with Crippen molar-refractivity contribution < 1.29 is 43.3 Å². The van der Waals surface area contributed by atoms with Crippen LogP contribution in [0.15, 0.2) is 30.3 Å². The van der Waals surface area contributed by atoms with E-state index in [1.807, 2.05) is 0 Å². The summed E-state index contributed by atoms with van der Waals surface area (Å²) in [5.74, 6) is -2.10. The Morgan fingerprint density at radius 3 is 2.44 bits per heavy atom. The van der Waals surface area contributed by atoms with Gasteiger partial charge in [0.1, 0.15) is 23.5 Å². The van der Waals surface area contributed by atoms with Gasteiger partial charge in [-0.25, -0.2) is 9.78 Å². The van der Waals surface area contributed by atoms with E-state index in [0.29, 0.717) is 42.8 Å². The summed E-state index contributed by atoms with van der Waals surface area (Å²) in [6, 6.07) is 6.58. The molecule has 15 nitrogen and oxygen atoms in total. The van der Waals surface area contributed by atoms with Crippen molar-refractivity contribution in [1.82, 2.24) is 30.3 Å². The first-order valence-corrected chi connectivity index (χ1v) is 16.5. The number of likely N-dealkylation sites (tertiary alicyclic amines) is 1. The molecule has 2 saturated heterocycles. The van der Waals surface area contributed by atoms with Crippen LogP contribution in [0.5, 0.6) is 5.75 Å². The number of carbonyl (C=O) groups excluding carboxylic acids is 5. The van der Waals surface area contributed by atoms with E-state index in [2.05, 4.69) is 15.6 Å². The number of amides is 5. The highest BCUT2D eigenvalue weighted by Gasteiger charge is 2.35. The van der Waals surface area contributed by atoms with E-state index in [1.165, 1.54) is 20.8 Å². The fourth-order valence-electron chi connectivity index (χ4n) is 5.93. The van der Waals surface area contributed by atoms with Gasteiger partial charge in [-0.15, -0.1) is 0 Å². The predicted molar refractivity (Wildman–Crippen MR) is 171 cm³/mol. The van der Waals surface area contributed by atoms with Crippen LogP contribution in [0.1, 0.15) is 55.9 Å². The van der Waals surface area contributed by atoms with Crippen molar-refractivity contribution in [3.63, 3.8) is 0 Å². The number of piperazine rings is 1. The quantitative estimate of drug-likeness (QED) is 0.282. The maximum Gasteiger partial charge on any atom is 0.409 e. The van der Waals surface area contributed by atoms with E-state index in [0.717, 1.165) is 12.8 Å². The molecule has 3 fully saturated rings. The molecule has 0 radical (unpaired) electrons. The molecule has 1 aliphatic carbocycles. The van der Waals surface area contributed by atoms with Crippen LogP contribution in [0.4, 0.5) is 4.79 Å². The maximum atomic E-state index is 13.5. The van der Waals surface area contributed by atoms with Crippen LogP contribution in [0.3, 0.4) is 0 Å². The zero-order chi connectivity index (χ0) is 34.2. The van der Waals surface area contributed by atoms with E-state index in [4.69, 9.17) is 9.47 Å². The number of carboxylic acids is 1. The number of fused-ring (bicyclic) bond motifs is 1. The average molecular weight is 667 g/mol. The second kappa shape index (κ2) is 15.8. The van der Waals surface area contributed by atoms with Gasteiger partial charge in [0.2, 0.25) is 11.8 Å². The SMILES string of the molecule is CCOC(=O)N1CCN(C(=O)[C@H](CCC(=O)O)NC(=O)c2cc(OCC(=O)N3CCC[C@H]3C(=O)NCC3CC3)c3ccccc3n2)CC1. The number of rotatable bonds is 13. The molecule has 258 valence electrons. The summed E-state index contributed by atoms with van der Waals surface area (Å²) in [5.41, 5.74) is 0.324. The van der Waals surface area contributed by atoms with Crippen molar-refractivity contribution in [2.24, 2.45) is 5.92 Å². The Bertz CT molecular complexity index is 1540. The number of hydrogen-bond acceptors (Lipinski definition) is 9. The van der Waals surface area contributed by atoms with Crippen molar-refractivity contribution in [1.29, 1.82) is 0 Å². The highest BCUT2D eigenvalue weighted by Crippen LogP contribution is 2.28. The number of benzene rings is 1. The van der Waals surface area contributed by atoms with Gasteiger partial charge in [0, 0.05) is 57.1 Å². The van der Waals surface area contributed by atoms with Gasteiger partial charge < -0.3 is 39.9 Å². The Morgan fingerprint density at radius 1 is 1.00 bits per heavy atom. The third-order valence-corrected chi connectivity index (χ3v) is 8.77. The molecule has 1 aromatic heterocycles. The van der Waals surface area contributed by atoms with Gasteiger partial charge in [0.05, 0.1) is 12.1 Å². The number of carboxylic acid groups (broad SMARTS) is 1. The van der Waals surface area contributed by atoms with Crippen molar-refractivity contribution in [2.75, 3.05) is 52.5 Å². The number of ether oxygens (including phenoxy) is 2. The lowest BCUT2D eigenvalue weighted by molar-refractivity contribution is -0.140. The molecule has 2 aliphatic heterocycles. The van der Waals surface area contributed by atoms with Crippen molar-refractivity contribution >= 4 is 46.6 Å². The lowest BCUT2D eigenvalue weighted by Gasteiger charge is -2.35. The Kier molecular flexibility index (Phi) is 11.3. The molecule has 0 bridgehead atoms. The molecule has 2 aromatic rings. The van der Waals surface area contributed by atoms with Gasteiger partial charge >= 0.3 is 12.1 Å². The second-order valence-electron chi connectivity index (χ2n) is 12.2. The van der Waals surface area contributed by atoms with Crippen molar-refractivity contribution in [3.05, 3.63) is 36.0 Å². The van der Waals surface area contributed by atoms with Crippen LogP contribution in [0.2, 0.25) is 0 Å². The third-order valence-electron chi connectivity index (χ3n) is 8.77. The largest absolute Gasteiger partial charge is 0.483 e. The fraction of sp³-hybridized carbons (Fsp3) is 0.545. The van der Waals surface area contributed by atoms with Crippen molar-refractivity contribution in [3.8, 4) is 5.75 Å². The normalized spacial score (nSPS) is 18.3. The van der Waals surface area contributed by atoms with Gasteiger partial charge in [0.25, 0.3) is 11.8 Å². The smallest absolute Gasteiger partial charge is 0.409 e. The first-order valence-electron chi connectivity index (χ1n) is 16.5. The van der Waals surface area contributed by atoms with Crippen LogP contribution in [-0.4, -0.2) is 125 Å². The molecule has 0 unspecified atom stereocenters. The van der Waals surface area contributed by atoms with E-state index in [-0.39, 0.29) is 75.5 Å². The number of nitrogens with one attached hydrogen (secondary N) is 2. The Balaban J connectivity index is 1.26.